The van der Waals surface area contributed by atoms with Crippen molar-refractivity contribution >= 4 is 10.0 Å². The first kappa shape index (κ1) is 13.3. The lowest BCUT2D eigenvalue weighted by atomic mass is 9.97. The van der Waals surface area contributed by atoms with Gasteiger partial charge in [-0.1, -0.05) is 13.3 Å². The highest BCUT2D eigenvalue weighted by Crippen LogP contribution is 2.33. The fraction of sp³-hybridized carbons (Fsp3) is 1.00. The normalized spacial score (nSPS) is 31.6. The SMILES string of the molecule is CCCC1(CN)CN(S(=O)(=O)C2CC2)CCO1. The lowest BCUT2D eigenvalue weighted by Crippen LogP contribution is -2.57. The number of morpholine rings is 1. The molecule has 100 valence electrons. The molecule has 1 atom stereocenters. The van der Waals surface area contributed by atoms with Gasteiger partial charge in [0.25, 0.3) is 0 Å². The van der Waals surface area contributed by atoms with Gasteiger partial charge in [-0.3, -0.25) is 0 Å². The second-order valence-corrected chi connectivity index (χ2v) is 7.28. The van der Waals surface area contributed by atoms with Crippen molar-refractivity contribution in [2.24, 2.45) is 5.73 Å². The van der Waals surface area contributed by atoms with Gasteiger partial charge in [0, 0.05) is 19.6 Å². The van der Waals surface area contributed by atoms with Crippen molar-refractivity contribution in [2.75, 3.05) is 26.2 Å². The van der Waals surface area contributed by atoms with Crippen molar-refractivity contribution in [2.45, 2.75) is 43.5 Å². The van der Waals surface area contributed by atoms with Crippen LogP contribution in [0.5, 0.6) is 0 Å². The molecule has 1 aliphatic carbocycles. The number of sulfonamides is 1. The Balaban J connectivity index is 2.10. The zero-order valence-electron chi connectivity index (χ0n) is 10.4. The van der Waals surface area contributed by atoms with E-state index < -0.39 is 15.6 Å². The van der Waals surface area contributed by atoms with Crippen LogP contribution in [-0.2, 0) is 14.8 Å². The first-order valence-electron chi connectivity index (χ1n) is 6.37. The Morgan fingerprint density at radius 2 is 2.18 bits per heavy atom. The average Bonchev–Trinajstić information content (AvgIpc) is 3.14. The van der Waals surface area contributed by atoms with Gasteiger partial charge in [0.2, 0.25) is 10.0 Å². The van der Waals surface area contributed by atoms with Gasteiger partial charge in [0.15, 0.2) is 0 Å². The summed E-state index contributed by atoms with van der Waals surface area (Å²) in [5.41, 5.74) is 5.31. The minimum atomic E-state index is -3.09. The molecule has 1 saturated heterocycles. The summed E-state index contributed by atoms with van der Waals surface area (Å²) in [5, 5.41) is -0.141. The standard InChI is InChI=1S/C11H22N2O3S/c1-2-5-11(8-12)9-13(6-7-16-11)17(14,15)10-3-4-10/h10H,2-9,12H2,1H3. The summed E-state index contributed by atoms with van der Waals surface area (Å²) in [6.45, 7) is 3.82. The van der Waals surface area contributed by atoms with E-state index in [0.29, 0.717) is 26.2 Å². The van der Waals surface area contributed by atoms with Gasteiger partial charge < -0.3 is 10.5 Å². The smallest absolute Gasteiger partial charge is 0.217 e. The number of hydrogen-bond donors (Lipinski definition) is 1. The maximum Gasteiger partial charge on any atom is 0.217 e. The van der Waals surface area contributed by atoms with Crippen molar-refractivity contribution < 1.29 is 13.2 Å². The Labute approximate surface area is 103 Å². The van der Waals surface area contributed by atoms with E-state index in [0.717, 1.165) is 25.7 Å². The van der Waals surface area contributed by atoms with E-state index in [2.05, 4.69) is 6.92 Å². The number of rotatable bonds is 5. The summed E-state index contributed by atoms with van der Waals surface area (Å²) < 4.78 is 31.7. The second-order valence-electron chi connectivity index (χ2n) is 5.06. The first-order chi connectivity index (χ1) is 8.04. The molecule has 0 spiro atoms. The summed E-state index contributed by atoms with van der Waals surface area (Å²) >= 11 is 0. The quantitative estimate of drug-likeness (QED) is 0.774. The van der Waals surface area contributed by atoms with Crippen LogP contribution >= 0.6 is 0 Å². The largest absolute Gasteiger partial charge is 0.371 e. The highest BCUT2D eigenvalue weighted by Gasteiger charge is 2.45. The number of nitrogens with zero attached hydrogens (tertiary/aromatic N) is 1. The molecule has 2 rings (SSSR count). The fourth-order valence-corrected chi connectivity index (χ4v) is 4.33. The zero-order chi connectivity index (χ0) is 12.5. The molecule has 17 heavy (non-hydrogen) atoms. The molecule has 0 radical (unpaired) electrons. The van der Waals surface area contributed by atoms with E-state index in [1.165, 1.54) is 0 Å². The molecule has 0 aromatic carbocycles. The van der Waals surface area contributed by atoms with Crippen LogP contribution in [0.2, 0.25) is 0 Å². The fourth-order valence-electron chi connectivity index (χ4n) is 2.44. The minimum Gasteiger partial charge on any atom is -0.371 e. The zero-order valence-corrected chi connectivity index (χ0v) is 11.2. The van der Waals surface area contributed by atoms with Crippen LogP contribution in [0.15, 0.2) is 0 Å². The van der Waals surface area contributed by atoms with Crippen LogP contribution in [0.25, 0.3) is 0 Å². The third-order valence-corrected chi connectivity index (χ3v) is 5.94. The van der Waals surface area contributed by atoms with Crippen molar-refractivity contribution in [1.82, 2.24) is 4.31 Å². The van der Waals surface area contributed by atoms with Crippen LogP contribution in [0.1, 0.15) is 32.6 Å². The Morgan fingerprint density at radius 3 is 2.71 bits per heavy atom. The maximum absolute atomic E-state index is 12.2. The lowest BCUT2D eigenvalue weighted by Gasteiger charge is -2.41. The third kappa shape index (κ3) is 2.65. The summed E-state index contributed by atoms with van der Waals surface area (Å²) in [4.78, 5) is 0. The summed E-state index contributed by atoms with van der Waals surface area (Å²) in [6, 6.07) is 0. The van der Waals surface area contributed by atoms with Crippen LogP contribution in [0, 0.1) is 0 Å². The molecule has 1 heterocycles. The predicted molar refractivity (Wildman–Crippen MR) is 66.2 cm³/mol. The molecule has 1 saturated carbocycles. The molecule has 1 aliphatic heterocycles. The molecule has 1 unspecified atom stereocenters. The van der Waals surface area contributed by atoms with Gasteiger partial charge >= 0.3 is 0 Å². The Bertz CT molecular complexity index is 363. The monoisotopic (exact) mass is 262 g/mol. The van der Waals surface area contributed by atoms with Gasteiger partial charge in [0.1, 0.15) is 0 Å². The molecular formula is C11H22N2O3S. The Morgan fingerprint density at radius 1 is 1.47 bits per heavy atom. The van der Waals surface area contributed by atoms with E-state index in [1.807, 2.05) is 0 Å². The highest BCUT2D eigenvalue weighted by molar-refractivity contribution is 7.90. The number of hydrogen-bond acceptors (Lipinski definition) is 4. The molecular weight excluding hydrogens is 240 g/mol. The van der Waals surface area contributed by atoms with Crippen molar-refractivity contribution in [1.29, 1.82) is 0 Å². The van der Waals surface area contributed by atoms with Gasteiger partial charge in [-0.2, -0.15) is 4.31 Å². The van der Waals surface area contributed by atoms with Crippen molar-refractivity contribution in [3.05, 3.63) is 0 Å². The van der Waals surface area contributed by atoms with E-state index in [9.17, 15) is 8.42 Å². The number of ether oxygens (including phenoxy) is 1. The summed E-state index contributed by atoms with van der Waals surface area (Å²) in [6.07, 6.45) is 3.39. The number of nitrogens with two attached hydrogens (primary N) is 1. The van der Waals surface area contributed by atoms with E-state index >= 15 is 0 Å². The maximum atomic E-state index is 12.2. The van der Waals surface area contributed by atoms with Gasteiger partial charge in [-0.15, -0.1) is 0 Å². The molecule has 2 N–H and O–H groups in total. The second kappa shape index (κ2) is 4.84. The molecule has 0 bridgehead atoms. The minimum absolute atomic E-state index is 0.141. The van der Waals surface area contributed by atoms with E-state index in [-0.39, 0.29) is 5.25 Å². The third-order valence-electron chi connectivity index (χ3n) is 3.60. The molecule has 0 aromatic rings. The molecule has 2 fully saturated rings. The van der Waals surface area contributed by atoms with Crippen molar-refractivity contribution in [3.63, 3.8) is 0 Å². The van der Waals surface area contributed by atoms with Crippen LogP contribution in [0.4, 0.5) is 0 Å². The lowest BCUT2D eigenvalue weighted by molar-refractivity contribution is -0.0879. The first-order valence-corrected chi connectivity index (χ1v) is 7.87. The van der Waals surface area contributed by atoms with E-state index in [4.69, 9.17) is 10.5 Å². The highest BCUT2D eigenvalue weighted by atomic mass is 32.2. The van der Waals surface area contributed by atoms with Gasteiger partial charge in [0.05, 0.1) is 17.5 Å². The summed E-state index contributed by atoms with van der Waals surface area (Å²) in [7, 11) is -3.09. The summed E-state index contributed by atoms with van der Waals surface area (Å²) in [5.74, 6) is 0. The predicted octanol–water partition coefficient (Wildman–Crippen LogP) is 0.308. The van der Waals surface area contributed by atoms with Crippen LogP contribution < -0.4 is 5.73 Å². The molecule has 0 amide bonds. The molecule has 6 heteroatoms. The average molecular weight is 262 g/mol. The van der Waals surface area contributed by atoms with Gasteiger partial charge in [-0.05, 0) is 19.3 Å². The van der Waals surface area contributed by atoms with Crippen LogP contribution in [0.3, 0.4) is 0 Å². The topological polar surface area (TPSA) is 72.6 Å². The molecule has 0 aromatic heterocycles. The molecule has 5 nitrogen and oxygen atoms in total. The Hall–Kier alpha value is -0.170. The van der Waals surface area contributed by atoms with Gasteiger partial charge in [-0.25, -0.2) is 8.42 Å². The van der Waals surface area contributed by atoms with E-state index in [1.54, 1.807) is 4.31 Å². The Kier molecular flexibility index (Phi) is 3.77. The molecule has 2 aliphatic rings. The van der Waals surface area contributed by atoms with Crippen molar-refractivity contribution in [3.8, 4) is 0 Å². The van der Waals surface area contributed by atoms with Crippen LogP contribution in [-0.4, -0.2) is 49.8 Å².